The van der Waals surface area contributed by atoms with E-state index in [1.54, 1.807) is 6.20 Å². The number of carbonyl (C=O) groups is 1. The summed E-state index contributed by atoms with van der Waals surface area (Å²) in [7, 11) is 1.27. The zero-order valence-corrected chi connectivity index (χ0v) is 10.4. The number of nitrogens with zero attached hydrogens (tertiary/aromatic N) is 2. The summed E-state index contributed by atoms with van der Waals surface area (Å²) in [4.78, 5) is 13.4. The van der Waals surface area contributed by atoms with E-state index in [9.17, 15) is 4.79 Å². The largest absolute Gasteiger partial charge is 0.465 e. The molecule has 92 valence electrons. The first-order valence-corrected chi connectivity index (χ1v) is 5.74. The van der Waals surface area contributed by atoms with E-state index in [2.05, 4.69) is 17.7 Å². The Morgan fingerprint density at radius 3 is 2.94 bits per heavy atom. The first-order chi connectivity index (χ1) is 8.67. The van der Waals surface area contributed by atoms with Crippen molar-refractivity contribution in [2.45, 2.75) is 19.4 Å². The average molecular weight is 242 g/mol. The molecule has 0 radical (unpaired) electrons. The summed E-state index contributed by atoms with van der Waals surface area (Å²) in [5.74, 6) is -0.603. The number of nitriles is 1. The van der Waals surface area contributed by atoms with Crippen LogP contribution in [0.25, 0.3) is 0 Å². The summed E-state index contributed by atoms with van der Waals surface area (Å²) in [6.45, 7) is 2.06. The van der Waals surface area contributed by atoms with Crippen molar-refractivity contribution in [2.24, 2.45) is 0 Å². The lowest BCUT2D eigenvalue weighted by molar-refractivity contribution is -0.135. The summed E-state index contributed by atoms with van der Waals surface area (Å²) in [5.41, 5.74) is 2.28. The third-order valence-corrected chi connectivity index (χ3v) is 3.05. The maximum atomic E-state index is 11.4. The molecule has 0 fully saturated rings. The molecule has 1 aliphatic heterocycles. The number of rotatable bonds is 2. The van der Waals surface area contributed by atoms with Crippen molar-refractivity contribution in [1.29, 1.82) is 5.26 Å². The molecule has 1 heterocycles. The van der Waals surface area contributed by atoms with Crippen LogP contribution in [-0.4, -0.2) is 19.1 Å². The fourth-order valence-corrected chi connectivity index (χ4v) is 2.16. The Morgan fingerprint density at radius 1 is 1.56 bits per heavy atom. The summed E-state index contributed by atoms with van der Waals surface area (Å²) < 4.78 is 4.58. The van der Waals surface area contributed by atoms with E-state index in [1.807, 2.05) is 29.2 Å². The van der Waals surface area contributed by atoms with E-state index < -0.39 is 5.97 Å². The minimum Gasteiger partial charge on any atom is -0.465 e. The molecule has 4 heteroatoms. The quantitative estimate of drug-likeness (QED) is 0.452. The molecule has 1 unspecified atom stereocenters. The Labute approximate surface area is 106 Å². The van der Waals surface area contributed by atoms with Gasteiger partial charge in [-0.25, -0.2) is 4.79 Å². The van der Waals surface area contributed by atoms with Gasteiger partial charge >= 0.3 is 5.97 Å². The van der Waals surface area contributed by atoms with Crippen LogP contribution in [0.3, 0.4) is 0 Å². The van der Waals surface area contributed by atoms with Gasteiger partial charge in [-0.1, -0.05) is 18.2 Å². The van der Waals surface area contributed by atoms with Crippen molar-refractivity contribution in [3.05, 3.63) is 41.6 Å². The first-order valence-electron chi connectivity index (χ1n) is 5.74. The van der Waals surface area contributed by atoms with Gasteiger partial charge in [0, 0.05) is 17.9 Å². The lowest BCUT2D eigenvalue weighted by Gasteiger charge is -2.20. The second-order valence-corrected chi connectivity index (χ2v) is 4.24. The van der Waals surface area contributed by atoms with Crippen LogP contribution in [-0.2, 0) is 16.0 Å². The third kappa shape index (κ3) is 2.07. The zero-order chi connectivity index (χ0) is 13.1. The van der Waals surface area contributed by atoms with Crippen LogP contribution < -0.4 is 4.90 Å². The Bertz CT molecular complexity index is 543. The molecule has 0 saturated heterocycles. The SMILES string of the molecule is COC(=O)C(C#N)=CN1c2ccccc2CC1C. The highest BCUT2D eigenvalue weighted by atomic mass is 16.5. The molecule has 1 aliphatic rings. The van der Waals surface area contributed by atoms with Crippen molar-refractivity contribution in [1.82, 2.24) is 0 Å². The number of esters is 1. The fraction of sp³-hybridized carbons (Fsp3) is 0.286. The zero-order valence-electron chi connectivity index (χ0n) is 10.4. The first kappa shape index (κ1) is 12.2. The molecule has 0 spiro atoms. The van der Waals surface area contributed by atoms with Crippen LogP contribution in [0.4, 0.5) is 5.69 Å². The minimum atomic E-state index is -0.603. The average Bonchev–Trinajstić information content (AvgIpc) is 2.71. The van der Waals surface area contributed by atoms with Crippen LogP contribution in [0.2, 0.25) is 0 Å². The molecule has 0 saturated carbocycles. The molecular weight excluding hydrogens is 228 g/mol. The topological polar surface area (TPSA) is 53.3 Å². The lowest BCUT2D eigenvalue weighted by atomic mass is 10.1. The van der Waals surface area contributed by atoms with Gasteiger partial charge in [-0.2, -0.15) is 5.26 Å². The molecule has 0 amide bonds. The molecule has 2 rings (SSSR count). The van der Waals surface area contributed by atoms with E-state index in [0.717, 1.165) is 12.1 Å². The monoisotopic (exact) mass is 242 g/mol. The van der Waals surface area contributed by atoms with Crippen LogP contribution in [0.5, 0.6) is 0 Å². The van der Waals surface area contributed by atoms with Gasteiger partial charge in [0.2, 0.25) is 0 Å². The van der Waals surface area contributed by atoms with Crippen molar-refractivity contribution in [2.75, 3.05) is 12.0 Å². The number of anilines is 1. The van der Waals surface area contributed by atoms with Gasteiger partial charge in [0.1, 0.15) is 6.07 Å². The molecule has 1 atom stereocenters. The molecule has 1 aromatic carbocycles. The van der Waals surface area contributed by atoms with Crippen molar-refractivity contribution < 1.29 is 9.53 Å². The van der Waals surface area contributed by atoms with Crippen LogP contribution in [0, 0.1) is 11.3 Å². The van der Waals surface area contributed by atoms with E-state index >= 15 is 0 Å². The van der Waals surface area contributed by atoms with Crippen LogP contribution >= 0.6 is 0 Å². The van der Waals surface area contributed by atoms with E-state index in [0.29, 0.717) is 0 Å². The van der Waals surface area contributed by atoms with Gasteiger partial charge in [-0.15, -0.1) is 0 Å². The summed E-state index contributed by atoms with van der Waals surface area (Å²) >= 11 is 0. The Balaban J connectivity index is 2.37. The summed E-state index contributed by atoms with van der Waals surface area (Å²) in [6.07, 6.45) is 2.48. The molecule has 1 aromatic rings. The highest BCUT2D eigenvalue weighted by Crippen LogP contribution is 2.32. The smallest absolute Gasteiger partial charge is 0.350 e. The highest BCUT2D eigenvalue weighted by molar-refractivity contribution is 5.93. The molecular formula is C14H14N2O2. The number of para-hydroxylation sites is 1. The molecule has 0 N–H and O–H groups in total. The van der Waals surface area contributed by atoms with Gasteiger partial charge in [0.05, 0.1) is 7.11 Å². The summed E-state index contributed by atoms with van der Waals surface area (Å²) in [5, 5.41) is 8.98. The summed E-state index contributed by atoms with van der Waals surface area (Å²) in [6, 6.07) is 10.1. The number of fused-ring (bicyclic) bond motifs is 1. The Kier molecular flexibility index (Phi) is 3.33. The predicted molar refractivity (Wildman–Crippen MR) is 67.8 cm³/mol. The number of methoxy groups -OCH3 is 1. The van der Waals surface area contributed by atoms with E-state index in [1.165, 1.54) is 12.7 Å². The van der Waals surface area contributed by atoms with Crippen molar-refractivity contribution >= 4 is 11.7 Å². The van der Waals surface area contributed by atoms with Gasteiger partial charge in [-0.05, 0) is 25.0 Å². The number of benzene rings is 1. The molecule has 0 aliphatic carbocycles. The number of carbonyl (C=O) groups excluding carboxylic acids is 1. The van der Waals surface area contributed by atoms with Gasteiger partial charge in [0.15, 0.2) is 5.57 Å². The van der Waals surface area contributed by atoms with Crippen molar-refractivity contribution in [3.8, 4) is 6.07 Å². The molecule has 0 bridgehead atoms. The normalized spacial score (nSPS) is 18.2. The Morgan fingerprint density at radius 2 is 2.28 bits per heavy atom. The second kappa shape index (κ2) is 4.92. The third-order valence-electron chi connectivity index (χ3n) is 3.05. The minimum absolute atomic E-state index is 0.0149. The van der Waals surface area contributed by atoms with Crippen LogP contribution in [0.1, 0.15) is 12.5 Å². The Hall–Kier alpha value is -2.28. The van der Waals surface area contributed by atoms with Crippen molar-refractivity contribution in [3.63, 3.8) is 0 Å². The molecule has 4 nitrogen and oxygen atoms in total. The number of hydrogen-bond acceptors (Lipinski definition) is 4. The van der Waals surface area contributed by atoms with Gasteiger partial charge in [0.25, 0.3) is 0 Å². The maximum absolute atomic E-state index is 11.4. The standard InChI is InChI=1S/C14H14N2O2/c1-10-7-11-5-3-4-6-13(11)16(10)9-12(8-15)14(17)18-2/h3-6,9-10H,7H2,1-2H3. The number of ether oxygens (including phenoxy) is 1. The van der Waals surface area contributed by atoms with Gasteiger partial charge < -0.3 is 9.64 Å². The van der Waals surface area contributed by atoms with Gasteiger partial charge in [-0.3, -0.25) is 0 Å². The second-order valence-electron chi connectivity index (χ2n) is 4.24. The molecule has 18 heavy (non-hydrogen) atoms. The van der Waals surface area contributed by atoms with E-state index in [-0.39, 0.29) is 11.6 Å². The predicted octanol–water partition coefficient (Wildman–Crippen LogP) is 2.02. The maximum Gasteiger partial charge on any atom is 0.350 e. The van der Waals surface area contributed by atoms with Crippen LogP contribution in [0.15, 0.2) is 36.0 Å². The number of hydrogen-bond donors (Lipinski definition) is 0. The highest BCUT2D eigenvalue weighted by Gasteiger charge is 2.25. The fourth-order valence-electron chi connectivity index (χ4n) is 2.16. The van der Waals surface area contributed by atoms with E-state index in [4.69, 9.17) is 5.26 Å². The lowest BCUT2D eigenvalue weighted by Crippen LogP contribution is -2.24. The molecule has 0 aromatic heterocycles.